The summed E-state index contributed by atoms with van der Waals surface area (Å²) < 4.78 is 2.01. The van der Waals surface area contributed by atoms with Crippen LogP contribution in [0.4, 0.5) is 0 Å². The number of hydrogen-bond donors (Lipinski definition) is 1. The van der Waals surface area contributed by atoms with Crippen LogP contribution in [-0.2, 0) is 13.0 Å². The second-order valence-corrected chi connectivity index (χ2v) is 5.60. The Balaban J connectivity index is 1.86. The van der Waals surface area contributed by atoms with Gasteiger partial charge in [-0.25, -0.2) is 0 Å². The van der Waals surface area contributed by atoms with Gasteiger partial charge in [-0.2, -0.15) is 5.10 Å². The van der Waals surface area contributed by atoms with Gasteiger partial charge in [-0.1, -0.05) is 13.8 Å². The minimum Gasteiger partial charge on any atom is -0.314 e. The Morgan fingerprint density at radius 2 is 2.24 bits per heavy atom. The van der Waals surface area contributed by atoms with E-state index in [1.54, 1.807) is 0 Å². The minimum atomic E-state index is 0.727. The molecule has 1 aliphatic rings. The van der Waals surface area contributed by atoms with Gasteiger partial charge < -0.3 is 5.32 Å². The highest BCUT2D eigenvalue weighted by atomic mass is 15.3. The van der Waals surface area contributed by atoms with Crippen molar-refractivity contribution in [2.24, 2.45) is 11.8 Å². The zero-order chi connectivity index (χ0) is 12.3. The number of rotatable bonds is 7. The monoisotopic (exact) mass is 235 g/mol. The fourth-order valence-corrected chi connectivity index (χ4v) is 2.14. The molecule has 17 heavy (non-hydrogen) atoms. The van der Waals surface area contributed by atoms with Crippen molar-refractivity contribution < 1.29 is 0 Å². The predicted octanol–water partition coefficient (Wildman–Crippen LogP) is 2.47. The molecule has 1 aromatic heterocycles. The molecule has 0 aliphatic heterocycles. The van der Waals surface area contributed by atoms with Gasteiger partial charge in [-0.05, 0) is 50.1 Å². The fraction of sp³-hybridized carbons (Fsp3) is 0.786. The first-order chi connectivity index (χ1) is 8.19. The van der Waals surface area contributed by atoms with Crippen LogP contribution in [0, 0.1) is 11.8 Å². The van der Waals surface area contributed by atoms with Crippen LogP contribution in [0.5, 0.6) is 0 Å². The van der Waals surface area contributed by atoms with Crippen LogP contribution in [0.15, 0.2) is 12.4 Å². The summed E-state index contributed by atoms with van der Waals surface area (Å²) in [6, 6.07) is 0.814. The molecule has 1 aromatic rings. The third-order valence-corrected chi connectivity index (χ3v) is 3.70. The van der Waals surface area contributed by atoms with Crippen LogP contribution in [0.1, 0.15) is 39.2 Å². The first-order valence-corrected chi connectivity index (χ1v) is 6.93. The van der Waals surface area contributed by atoms with E-state index in [1.807, 2.05) is 10.9 Å². The van der Waals surface area contributed by atoms with E-state index in [9.17, 15) is 0 Å². The van der Waals surface area contributed by atoms with Crippen molar-refractivity contribution in [2.45, 2.75) is 52.6 Å². The number of nitrogens with zero attached hydrogens (tertiary/aromatic N) is 2. The second-order valence-electron chi connectivity index (χ2n) is 5.60. The van der Waals surface area contributed by atoms with Gasteiger partial charge in [0.25, 0.3) is 0 Å². The van der Waals surface area contributed by atoms with Gasteiger partial charge in [0, 0.05) is 18.8 Å². The molecule has 1 fully saturated rings. The number of aromatic nitrogens is 2. The van der Waals surface area contributed by atoms with Crippen LogP contribution < -0.4 is 5.32 Å². The summed E-state index contributed by atoms with van der Waals surface area (Å²) in [5, 5.41) is 8.00. The summed E-state index contributed by atoms with van der Waals surface area (Å²) in [6.07, 6.45) is 8.11. The summed E-state index contributed by atoms with van der Waals surface area (Å²) in [7, 11) is 0. The zero-order valence-corrected chi connectivity index (χ0v) is 11.3. The fourth-order valence-electron chi connectivity index (χ4n) is 2.14. The predicted molar refractivity (Wildman–Crippen MR) is 71.0 cm³/mol. The first kappa shape index (κ1) is 12.6. The summed E-state index contributed by atoms with van der Waals surface area (Å²) >= 11 is 0. The van der Waals surface area contributed by atoms with E-state index in [2.05, 4.69) is 37.4 Å². The van der Waals surface area contributed by atoms with E-state index >= 15 is 0 Å². The molecule has 1 N–H and O–H groups in total. The van der Waals surface area contributed by atoms with Crippen LogP contribution in [0.2, 0.25) is 0 Å². The molecule has 1 atom stereocenters. The van der Waals surface area contributed by atoms with E-state index in [4.69, 9.17) is 0 Å². The third-order valence-electron chi connectivity index (χ3n) is 3.70. The van der Waals surface area contributed by atoms with Gasteiger partial charge in [0.2, 0.25) is 0 Å². The largest absolute Gasteiger partial charge is 0.314 e. The molecule has 0 aromatic carbocycles. The lowest BCUT2D eigenvalue weighted by Gasteiger charge is -2.20. The molecule has 0 spiro atoms. The molecule has 3 heteroatoms. The Bertz CT molecular complexity index is 339. The van der Waals surface area contributed by atoms with Crippen molar-refractivity contribution in [1.29, 1.82) is 0 Å². The molecule has 0 saturated heterocycles. The maximum atomic E-state index is 4.35. The molecule has 1 unspecified atom stereocenters. The lowest BCUT2D eigenvalue weighted by atomic mass is 9.90. The van der Waals surface area contributed by atoms with Crippen LogP contribution in [-0.4, -0.2) is 22.4 Å². The Hall–Kier alpha value is -0.830. The molecule has 96 valence electrons. The minimum absolute atomic E-state index is 0.727. The van der Waals surface area contributed by atoms with Crippen molar-refractivity contribution in [1.82, 2.24) is 15.1 Å². The Kier molecular flexibility index (Phi) is 4.21. The second kappa shape index (κ2) is 5.67. The zero-order valence-electron chi connectivity index (χ0n) is 11.3. The van der Waals surface area contributed by atoms with Gasteiger partial charge in [0.05, 0.1) is 6.20 Å². The van der Waals surface area contributed by atoms with Gasteiger partial charge in [0.1, 0.15) is 0 Å². The SMILES string of the molecule is CCn1cc(CC(CNC2CC2)C(C)C)cn1. The Morgan fingerprint density at radius 3 is 2.76 bits per heavy atom. The number of hydrogen-bond acceptors (Lipinski definition) is 2. The van der Waals surface area contributed by atoms with E-state index < -0.39 is 0 Å². The van der Waals surface area contributed by atoms with E-state index in [1.165, 1.54) is 18.4 Å². The summed E-state index contributed by atoms with van der Waals surface area (Å²) in [5.41, 5.74) is 1.38. The van der Waals surface area contributed by atoms with Gasteiger partial charge in [-0.15, -0.1) is 0 Å². The molecule has 1 aliphatic carbocycles. The lowest BCUT2D eigenvalue weighted by molar-refractivity contribution is 0.359. The molecule has 1 saturated carbocycles. The highest BCUT2D eigenvalue weighted by Gasteiger charge is 2.23. The van der Waals surface area contributed by atoms with Crippen molar-refractivity contribution in [3.8, 4) is 0 Å². The highest BCUT2D eigenvalue weighted by molar-refractivity contribution is 5.05. The molecule has 0 radical (unpaired) electrons. The average molecular weight is 235 g/mol. The molecule has 3 nitrogen and oxygen atoms in total. The van der Waals surface area contributed by atoms with Crippen molar-refractivity contribution >= 4 is 0 Å². The topological polar surface area (TPSA) is 29.9 Å². The smallest absolute Gasteiger partial charge is 0.0521 e. The lowest BCUT2D eigenvalue weighted by Crippen LogP contribution is -2.29. The highest BCUT2D eigenvalue weighted by Crippen LogP contribution is 2.21. The Morgan fingerprint density at radius 1 is 1.47 bits per heavy atom. The molecule has 2 rings (SSSR count). The van der Waals surface area contributed by atoms with Crippen LogP contribution in [0.3, 0.4) is 0 Å². The van der Waals surface area contributed by atoms with E-state index in [0.717, 1.165) is 37.4 Å². The van der Waals surface area contributed by atoms with Gasteiger partial charge >= 0.3 is 0 Å². The van der Waals surface area contributed by atoms with Gasteiger partial charge in [-0.3, -0.25) is 4.68 Å². The Labute approximate surface area is 105 Å². The summed E-state index contributed by atoms with van der Waals surface area (Å²) in [6.45, 7) is 8.89. The summed E-state index contributed by atoms with van der Waals surface area (Å²) in [4.78, 5) is 0. The third kappa shape index (κ3) is 3.84. The maximum absolute atomic E-state index is 4.35. The molecule has 1 heterocycles. The van der Waals surface area contributed by atoms with Crippen molar-refractivity contribution in [3.05, 3.63) is 18.0 Å². The molecular weight excluding hydrogens is 210 g/mol. The van der Waals surface area contributed by atoms with Crippen LogP contribution in [0.25, 0.3) is 0 Å². The summed E-state index contributed by atoms with van der Waals surface area (Å²) in [5.74, 6) is 1.45. The van der Waals surface area contributed by atoms with Crippen LogP contribution >= 0.6 is 0 Å². The standard InChI is InChI=1S/C14H25N3/c1-4-17-10-12(8-16-17)7-13(11(2)3)9-15-14-5-6-14/h8,10-11,13-15H,4-7,9H2,1-3H3. The average Bonchev–Trinajstić information content (AvgIpc) is 3.02. The van der Waals surface area contributed by atoms with Gasteiger partial charge in [0.15, 0.2) is 0 Å². The maximum Gasteiger partial charge on any atom is 0.0521 e. The number of nitrogens with one attached hydrogen (secondary N) is 1. The van der Waals surface area contributed by atoms with Crippen molar-refractivity contribution in [3.63, 3.8) is 0 Å². The normalized spacial score (nSPS) is 17.6. The molecular formula is C14H25N3. The quantitative estimate of drug-likeness (QED) is 0.787. The van der Waals surface area contributed by atoms with Crippen molar-refractivity contribution in [2.75, 3.05) is 6.54 Å². The molecule has 0 amide bonds. The molecule has 0 bridgehead atoms. The van der Waals surface area contributed by atoms with E-state index in [-0.39, 0.29) is 0 Å². The number of aryl methyl sites for hydroxylation is 1. The van der Waals surface area contributed by atoms with E-state index in [0.29, 0.717) is 0 Å². The first-order valence-electron chi connectivity index (χ1n) is 6.93.